The number of rotatable bonds is 7. The summed E-state index contributed by atoms with van der Waals surface area (Å²) in [5.74, 6) is -1.88. The Labute approximate surface area is 227 Å². The lowest BCUT2D eigenvalue weighted by molar-refractivity contribution is -0.143. The summed E-state index contributed by atoms with van der Waals surface area (Å²) in [6.07, 6.45) is 5.79. The molecule has 12 heteroatoms. The van der Waals surface area contributed by atoms with E-state index in [1.807, 2.05) is 6.07 Å². The second-order valence-corrected chi connectivity index (χ2v) is 10.3. The van der Waals surface area contributed by atoms with Gasteiger partial charge < -0.3 is 16.0 Å². The van der Waals surface area contributed by atoms with Crippen LogP contribution in [0.15, 0.2) is 54.9 Å². The molecule has 10 nitrogen and oxygen atoms in total. The van der Waals surface area contributed by atoms with E-state index >= 15 is 0 Å². The Balaban J connectivity index is 1.25. The number of likely N-dealkylation sites (tertiary alicyclic amines) is 1. The summed E-state index contributed by atoms with van der Waals surface area (Å²) >= 11 is 5.86. The number of nitrogens with zero attached hydrogens (tertiary/aromatic N) is 5. The smallest absolute Gasteiger partial charge is 0.269 e. The van der Waals surface area contributed by atoms with Crippen LogP contribution in [0.1, 0.15) is 35.3 Å². The quantitative estimate of drug-likeness (QED) is 0.366. The van der Waals surface area contributed by atoms with Crippen LogP contribution < -0.4 is 11.1 Å². The number of hydrogen-bond donors (Lipinski definition) is 2. The van der Waals surface area contributed by atoms with E-state index in [2.05, 4.69) is 15.5 Å². The number of benzene rings is 2. The molecule has 39 heavy (non-hydrogen) atoms. The first-order valence-corrected chi connectivity index (χ1v) is 13.0. The molecule has 200 valence electrons. The molecule has 0 unspecified atom stereocenters. The average Bonchev–Trinajstić information content (AvgIpc) is 3.73. The minimum absolute atomic E-state index is 0.0167. The molecule has 3 heterocycles. The lowest BCUT2D eigenvalue weighted by Crippen LogP contribution is -2.53. The lowest BCUT2D eigenvalue weighted by atomic mass is 9.97. The van der Waals surface area contributed by atoms with Gasteiger partial charge in [0.1, 0.15) is 18.4 Å². The highest BCUT2D eigenvalue weighted by atomic mass is 35.5. The summed E-state index contributed by atoms with van der Waals surface area (Å²) in [7, 11) is 0. The van der Waals surface area contributed by atoms with Crippen molar-refractivity contribution < 1.29 is 18.8 Å². The Hall–Kier alpha value is -4.25. The molecule has 1 saturated carbocycles. The van der Waals surface area contributed by atoms with E-state index in [-0.39, 0.29) is 53.1 Å². The molecule has 1 aliphatic carbocycles. The van der Waals surface area contributed by atoms with Gasteiger partial charge in [0.15, 0.2) is 5.69 Å². The number of aromatic nitrogens is 4. The van der Waals surface area contributed by atoms with Crippen LogP contribution in [0, 0.1) is 11.7 Å². The minimum Gasteiger partial charge on any atom is -0.364 e. The fraction of sp³-hybridized carbons (Fsp3) is 0.296. The van der Waals surface area contributed by atoms with E-state index in [0.717, 1.165) is 19.3 Å². The van der Waals surface area contributed by atoms with Gasteiger partial charge in [-0.05, 0) is 55.5 Å². The van der Waals surface area contributed by atoms with Gasteiger partial charge in [-0.1, -0.05) is 23.7 Å². The Morgan fingerprint density at radius 1 is 1.15 bits per heavy atom. The Morgan fingerprint density at radius 2 is 2.00 bits per heavy atom. The van der Waals surface area contributed by atoms with Gasteiger partial charge in [-0.2, -0.15) is 10.2 Å². The van der Waals surface area contributed by atoms with Gasteiger partial charge in [-0.15, -0.1) is 0 Å². The molecule has 1 saturated heterocycles. The molecule has 1 aliphatic heterocycles. The van der Waals surface area contributed by atoms with E-state index in [1.54, 1.807) is 52.3 Å². The van der Waals surface area contributed by atoms with Crippen molar-refractivity contribution in [1.29, 1.82) is 0 Å². The molecule has 2 aliphatic rings. The van der Waals surface area contributed by atoms with Crippen LogP contribution in [0.5, 0.6) is 0 Å². The number of carbonyl (C=O) groups is 3. The maximum atomic E-state index is 14.3. The first-order valence-electron chi connectivity index (χ1n) is 12.6. The lowest BCUT2D eigenvalue weighted by Gasteiger charge is -2.34. The van der Waals surface area contributed by atoms with Crippen LogP contribution >= 0.6 is 11.6 Å². The molecular weight excluding hydrogens is 525 g/mol. The molecule has 4 aromatic rings. The third kappa shape index (κ3) is 4.42. The number of nitrogens with one attached hydrogen (secondary N) is 1. The highest BCUT2D eigenvalue weighted by Crippen LogP contribution is 2.42. The Kier molecular flexibility index (Phi) is 6.30. The monoisotopic (exact) mass is 549 g/mol. The van der Waals surface area contributed by atoms with Crippen LogP contribution in [0.25, 0.3) is 16.6 Å². The molecule has 2 aromatic heterocycles. The van der Waals surface area contributed by atoms with Crippen molar-refractivity contribution in [2.75, 3.05) is 0 Å². The predicted octanol–water partition coefficient (Wildman–Crippen LogP) is 2.81. The van der Waals surface area contributed by atoms with Crippen molar-refractivity contribution in [3.8, 4) is 5.69 Å². The zero-order chi connectivity index (χ0) is 27.3. The predicted molar refractivity (Wildman–Crippen MR) is 140 cm³/mol. The first-order chi connectivity index (χ1) is 18.8. The zero-order valence-corrected chi connectivity index (χ0v) is 21.5. The number of hydrogen-bond acceptors (Lipinski definition) is 5. The summed E-state index contributed by atoms with van der Waals surface area (Å²) in [6.45, 7) is -0.202. The van der Waals surface area contributed by atoms with E-state index < -0.39 is 17.8 Å². The van der Waals surface area contributed by atoms with Crippen LogP contribution in [-0.2, 0) is 22.7 Å². The fourth-order valence-corrected chi connectivity index (χ4v) is 6.09. The third-order valence-electron chi connectivity index (χ3n) is 7.65. The van der Waals surface area contributed by atoms with Gasteiger partial charge in [-0.25, -0.2) is 9.07 Å². The third-order valence-corrected chi connectivity index (χ3v) is 7.94. The van der Waals surface area contributed by atoms with Crippen molar-refractivity contribution in [1.82, 2.24) is 29.8 Å². The summed E-state index contributed by atoms with van der Waals surface area (Å²) in [5, 5.41) is 11.8. The van der Waals surface area contributed by atoms with Gasteiger partial charge >= 0.3 is 0 Å². The second-order valence-electron chi connectivity index (χ2n) is 9.93. The summed E-state index contributed by atoms with van der Waals surface area (Å²) in [5.41, 5.74) is 7.21. The molecule has 3 N–H and O–H groups in total. The molecule has 2 bridgehead atoms. The van der Waals surface area contributed by atoms with E-state index in [1.165, 1.54) is 10.7 Å². The van der Waals surface area contributed by atoms with Gasteiger partial charge in [0.05, 0.1) is 16.2 Å². The average molecular weight is 550 g/mol. The number of halogens is 2. The largest absolute Gasteiger partial charge is 0.364 e. The standard InChI is InChI=1S/C27H25ClFN7O3/c28-20-4-1-3-16(23(20)29)13-31-27(39)25-15-5-6-18(11-15)36(25)22(37)14-35-21-8-7-17(34-10-2-9-32-34)12-19(21)24(33-35)26(30)38/h1-4,7-10,12,15,18,25H,5-6,11,13-14H2,(H2,30,38)(H,31,39)/t15-,18+,25-/m0/s1. The summed E-state index contributed by atoms with van der Waals surface area (Å²) < 4.78 is 17.4. The maximum absolute atomic E-state index is 14.3. The molecule has 2 aromatic carbocycles. The molecule has 0 radical (unpaired) electrons. The number of amides is 3. The highest BCUT2D eigenvalue weighted by molar-refractivity contribution is 6.30. The van der Waals surface area contributed by atoms with Crippen LogP contribution in [0.2, 0.25) is 5.02 Å². The van der Waals surface area contributed by atoms with Crippen LogP contribution in [-0.4, -0.2) is 54.3 Å². The van der Waals surface area contributed by atoms with Gasteiger partial charge in [0, 0.05) is 35.9 Å². The van der Waals surface area contributed by atoms with Crippen molar-refractivity contribution in [3.05, 3.63) is 77.0 Å². The molecule has 3 amide bonds. The van der Waals surface area contributed by atoms with Crippen LogP contribution in [0.3, 0.4) is 0 Å². The van der Waals surface area contributed by atoms with Crippen molar-refractivity contribution in [2.24, 2.45) is 11.7 Å². The number of carbonyl (C=O) groups excluding carboxylic acids is 3. The molecular formula is C27H25ClFN7O3. The zero-order valence-electron chi connectivity index (χ0n) is 20.8. The number of primary amides is 1. The topological polar surface area (TPSA) is 128 Å². The maximum Gasteiger partial charge on any atom is 0.269 e. The summed E-state index contributed by atoms with van der Waals surface area (Å²) in [4.78, 5) is 40.7. The number of fused-ring (bicyclic) bond motifs is 3. The van der Waals surface area contributed by atoms with Crippen molar-refractivity contribution in [3.63, 3.8) is 0 Å². The van der Waals surface area contributed by atoms with Crippen LogP contribution in [0.4, 0.5) is 4.39 Å². The van der Waals surface area contributed by atoms with E-state index in [0.29, 0.717) is 16.6 Å². The molecule has 2 fully saturated rings. The van der Waals surface area contributed by atoms with Gasteiger partial charge in [-0.3, -0.25) is 19.1 Å². The van der Waals surface area contributed by atoms with E-state index in [9.17, 15) is 18.8 Å². The van der Waals surface area contributed by atoms with Gasteiger partial charge in [0.25, 0.3) is 5.91 Å². The van der Waals surface area contributed by atoms with Crippen molar-refractivity contribution in [2.45, 2.75) is 44.4 Å². The van der Waals surface area contributed by atoms with Gasteiger partial charge in [0.2, 0.25) is 11.8 Å². The summed E-state index contributed by atoms with van der Waals surface area (Å²) in [6, 6.07) is 11.0. The molecule has 3 atom stereocenters. The van der Waals surface area contributed by atoms with E-state index in [4.69, 9.17) is 17.3 Å². The fourth-order valence-electron chi connectivity index (χ4n) is 5.90. The molecule has 6 rings (SSSR count). The normalized spacial score (nSPS) is 20.1. The molecule has 0 spiro atoms. The second kappa shape index (κ2) is 9.81. The number of piperidine rings is 1. The van der Waals surface area contributed by atoms with Crippen molar-refractivity contribution >= 4 is 40.2 Å². The Morgan fingerprint density at radius 3 is 2.77 bits per heavy atom. The SMILES string of the molecule is NC(=O)c1nn(CC(=O)N2[C@@H]3CC[C@@H](C3)[C@H]2C(=O)NCc2cccc(Cl)c2F)c2ccc(-n3cccn3)cc12. The highest BCUT2D eigenvalue weighted by Gasteiger charge is 2.51. The Bertz CT molecular complexity index is 1600. The minimum atomic E-state index is -0.713. The first kappa shape index (κ1) is 25.1. The number of nitrogens with two attached hydrogens (primary N) is 1.